The molecule has 33 heavy (non-hydrogen) atoms. The van der Waals surface area contributed by atoms with Crippen LogP contribution < -0.4 is 9.47 Å². The number of ether oxygens (including phenoxy) is 2. The van der Waals surface area contributed by atoms with Crippen molar-refractivity contribution in [1.29, 1.82) is 0 Å². The summed E-state index contributed by atoms with van der Waals surface area (Å²) in [5.41, 5.74) is 3.16. The molecule has 0 amide bonds. The Morgan fingerprint density at radius 3 is 2.48 bits per heavy atom. The lowest BCUT2D eigenvalue weighted by atomic mass is 9.89. The number of thiophene rings is 1. The Labute approximate surface area is 208 Å². The second-order valence-electron chi connectivity index (χ2n) is 7.82. The number of hydrogen-bond acceptors (Lipinski definition) is 5. The van der Waals surface area contributed by atoms with Gasteiger partial charge in [0.2, 0.25) is 5.88 Å². The molecule has 0 bridgehead atoms. The fourth-order valence-electron chi connectivity index (χ4n) is 4.06. The maximum absolute atomic E-state index is 6.01. The molecule has 2 aromatic carbocycles. The van der Waals surface area contributed by atoms with Crippen LogP contribution in [0.1, 0.15) is 35.8 Å². The summed E-state index contributed by atoms with van der Waals surface area (Å²) in [6.07, 6.45) is 0. The van der Waals surface area contributed by atoms with Crippen LogP contribution in [-0.4, -0.2) is 43.2 Å². The van der Waals surface area contributed by atoms with Crippen LogP contribution >= 0.6 is 27.3 Å². The van der Waals surface area contributed by atoms with Crippen molar-refractivity contribution in [2.75, 3.05) is 33.4 Å². The van der Waals surface area contributed by atoms with E-state index in [4.69, 9.17) is 14.5 Å². The van der Waals surface area contributed by atoms with Crippen molar-refractivity contribution in [2.24, 2.45) is 0 Å². The van der Waals surface area contributed by atoms with Gasteiger partial charge >= 0.3 is 0 Å². The molecular formula is C27H29BrN2O2S. The van der Waals surface area contributed by atoms with Crippen molar-refractivity contribution in [3.05, 3.63) is 86.5 Å². The minimum atomic E-state index is 0.0283. The monoisotopic (exact) mass is 524 g/mol. The number of benzene rings is 2. The van der Waals surface area contributed by atoms with Gasteiger partial charge < -0.3 is 14.4 Å². The van der Waals surface area contributed by atoms with E-state index >= 15 is 0 Å². The molecule has 0 saturated heterocycles. The average Bonchev–Trinajstić information content (AvgIpc) is 3.37. The van der Waals surface area contributed by atoms with Crippen LogP contribution in [-0.2, 0) is 0 Å². The topological polar surface area (TPSA) is 34.6 Å². The summed E-state index contributed by atoms with van der Waals surface area (Å²) in [5, 5.41) is 3.20. The van der Waals surface area contributed by atoms with E-state index in [9.17, 15) is 0 Å². The SMILES string of the molecule is CCN(CC)CCOc1ccc(C(c2cccs2)c2cc3cc(Br)ccc3nc2OC)cc1. The van der Waals surface area contributed by atoms with Crippen LogP contribution in [0.2, 0.25) is 0 Å². The zero-order chi connectivity index (χ0) is 23.2. The number of nitrogens with zero attached hydrogens (tertiary/aromatic N) is 2. The maximum Gasteiger partial charge on any atom is 0.217 e. The molecule has 1 unspecified atom stereocenters. The summed E-state index contributed by atoms with van der Waals surface area (Å²) in [6.45, 7) is 8.06. The second-order valence-corrected chi connectivity index (χ2v) is 9.71. The molecule has 2 aromatic heterocycles. The first-order valence-corrected chi connectivity index (χ1v) is 12.9. The van der Waals surface area contributed by atoms with Crippen molar-refractivity contribution in [3.8, 4) is 11.6 Å². The van der Waals surface area contributed by atoms with Gasteiger partial charge in [-0.1, -0.05) is 48.0 Å². The Hall–Kier alpha value is -2.41. The highest BCUT2D eigenvalue weighted by molar-refractivity contribution is 9.10. The van der Waals surface area contributed by atoms with Crippen molar-refractivity contribution in [1.82, 2.24) is 9.88 Å². The van der Waals surface area contributed by atoms with Gasteiger partial charge in [0.05, 0.1) is 12.6 Å². The number of hydrogen-bond donors (Lipinski definition) is 0. The molecule has 0 aliphatic rings. The summed E-state index contributed by atoms with van der Waals surface area (Å²) in [6, 6.07) is 21.0. The van der Waals surface area contributed by atoms with Crippen LogP contribution in [0.4, 0.5) is 0 Å². The van der Waals surface area contributed by atoms with E-state index in [1.807, 2.05) is 12.1 Å². The molecule has 172 valence electrons. The highest BCUT2D eigenvalue weighted by atomic mass is 79.9. The predicted molar refractivity (Wildman–Crippen MR) is 141 cm³/mol. The highest BCUT2D eigenvalue weighted by Gasteiger charge is 2.23. The Bertz CT molecular complexity index is 1170. The van der Waals surface area contributed by atoms with Crippen molar-refractivity contribution in [3.63, 3.8) is 0 Å². The van der Waals surface area contributed by atoms with Gasteiger partial charge in [0.1, 0.15) is 12.4 Å². The zero-order valence-corrected chi connectivity index (χ0v) is 21.7. The van der Waals surface area contributed by atoms with Crippen LogP contribution in [0.3, 0.4) is 0 Å². The average molecular weight is 526 g/mol. The molecule has 1 atom stereocenters. The number of pyridine rings is 1. The van der Waals surface area contributed by atoms with Crippen molar-refractivity contribution >= 4 is 38.2 Å². The summed E-state index contributed by atoms with van der Waals surface area (Å²) in [5.74, 6) is 1.58. The molecule has 0 fully saturated rings. The number of methoxy groups -OCH3 is 1. The fourth-order valence-corrected chi connectivity index (χ4v) is 5.31. The first kappa shape index (κ1) is 23.7. The summed E-state index contributed by atoms with van der Waals surface area (Å²) >= 11 is 5.33. The van der Waals surface area contributed by atoms with Gasteiger partial charge in [0.25, 0.3) is 0 Å². The molecule has 6 heteroatoms. The Balaban J connectivity index is 1.67. The van der Waals surface area contributed by atoms with Gasteiger partial charge in [-0.25, -0.2) is 4.98 Å². The van der Waals surface area contributed by atoms with E-state index in [1.165, 1.54) is 10.4 Å². The molecule has 0 radical (unpaired) electrons. The molecule has 0 aliphatic carbocycles. The number of rotatable bonds is 10. The molecule has 4 aromatic rings. The van der Waals surface area contributed by atoms with Crippen LogP contribution in [0.5, 0.6) is 11.6 Å². The lowest BCUT2D eigenvalue weighted by Crippen LogP contribution is -2.27. The maximum atomic E-state index is 6.01. The summed E-state index contributed by atoms with van der Waals surface area (Å²) in [4.78, 5) is 8.42. The van der Waals surface area contributed by atoms with Crippen molar-refractivity contribution in [2.45, 2.75) is 19.8 Å². The Morgan fingerprint density at radius 2 is 1.82 bits per heavy atom. The number of halogens is 1. The van der Waals surface area contributed by atoms with Gasteiger partial charge in [-0.05, 0) is 66.5 Å². The highest BCUT2D eigenvalue weighted by Crippen LogP contribution is 2.40. The normalized spacial score (nSPS) is 12.3. The Kier molecular flexibility index (Phi) is 8.02. The van der Waals surface area contributed by atoms with Crippen LogP contribution in [0.15, 0.2) is 70.5 Å². The minimum Gasteiger partial charge on any atom is -0.492 e. The van der Waals surface area contributed by atoms with Gasteiger partial charge in [0, 0.05) is 32.8 Å². The molecule has 0 aliphatic heterocycles. The zero-order valence-electron chi connectivity index (χ0n) is 19.3. The molecule has 2 heterocycles. The van der Waals surface area contributed by atoms with E-state index in [2.05, 4.69) is 88.6 Å². The van der Waals surface area contributed by atoms with Crippen LogP contribution in [0.25, 0.3) is 10.9 Å². The molecule has 0 spiro atoms. The van der Waals surface area contributed by atoms with E-state index in [0.717, 1.165) is 46.3 Å². The summed E-state index contributed by atoms with van der Waals surface area (Å²) in [7, 11) is 1.69. The largest absolute Gasteiger partial charge is 0.492 e. The first-order valence-electron chi connectivity index (χ1n) is 11.3. The van der Waals surface area contributed by atoms with E-state index in [0.29, 0.717) is 12.5 Å². The van der Waals surface area contributed by atoms with Gasteiger partial charge in [-0.3, -0.25) is 0 Å². The minimum absolute atomic E-state index is 0.0283. The quantitative estimate of drug-likeness (QED) is 0.224. The van der Waals surface area contributed by atoms with Gasteiger partial charge in [-0.15, -0.1) is 11.3 Å². The van der Waals surface area contributed by atoms with E-state index in [-0.39, 0.29) is 5.92 Å². The lowest BCUT2D eigenvalue weighted by molar-refractivity contribution is 0.223. The molecule has 4 rings (SSSR count). The van der Waals surface area contributed by atoms with Crippen LogP contribution in [0, 0.1) is 0 Å². The number of fused-ring (bicyclic) bond motifs is 1. The van der Waals surface area contributed by atoms with Gasteiger partial charge in [-0.2, -0.15) is 0 Å². The second kappa shape index (κ2) is 11.1. The standard InChI is InChI=1S/C27H29BrN2O2S/c1-4-30(5-2)14-15-32-22-11-8-19(9-12-22)26(25-7-6-16-33-25)23-18-20-17-21(28)10-13-24(20)29-27(23)31-3/h6-13,16-18,26H,4-5,14-15H2,1-3H3. The van der Waals surface area contributed by atoms with Gasteiger partial charge in [0.15, 0.2) is 0 Å². The molecular weight excluding hydrogens is 496 g/mol. The molecule has 4 nitrogen and oxygen atoms in total. The lowest BCUT2D eigenvalue weighted by Gasteiger charge is -2.21. The fraction of sp³-hybridized carbons (Fsp3) is 0.296. The van der Waals surface area contributed by atoms with E-state index < -0.39 is 0 Å². The third-order valence-corrected chi connectivity index (χ3v) is 7.32. The first-order chi connectivity index (χ1) is 16.1. The third-order valence-electron chi connectivity index (χ3n) is 5.89. The summed E-state index contributed by atoms with van der Waals surface area (Å²) < 4.78 is 12.8. The smallest absolute Gasteiger partial charge is 0.217 e. The van der Waals surface area contributed by atoms with E-state index in [1.54, 1.807) is 18.4 Å². The number of likely N-dealkylation sites (N-methyl/N-ethyl adjacent to an activating group) is 1. The molecule has 0 saturated carbocycles. The van der Waals surface area contributed by atoms with Crippen molar-refractivity contribution < 1.29 is 9.47 Å². The Morgan fingerprint density at radius 1 is 1.03 bits per heavy atom. The molecule has 0 N–H and O–H groups in total. The number of aromatic nitrogens is 1. The predicted octanol–water partition coefficient (Wildman–Crippen LogP) is 6.97. The third kappa shape index (κ3) is 5.57.